The van der Waals surface area contributed by atoms with E-state index < -0.39 is 0 Å². The van der Waals surface area contributed by atoms with E-state index in [2.05, 4.69) is 24.4 Å². The zero-order chi connectivity index (χ0) is 17.9. The molecule has 2 heterocycles. The van der Waals surface area contributed by atoms with Crippen LogP contribution in [0.5, 0.6) is 5.75 Å². The highest BCUT2D eigenvalue weighted by Gasteiger charge is 2.42. The smallest absolute Gasteiger partial charge is 0.227 e. The second-order valence-corrected chi connectivity index (χ2v) is 8.38. The number of nitrogens with one attached hydrogen (secondary N) is 1. The van der Waals surface area contributed by atoms with Gasteiger partial charge in [-0.3, -0.25) is 4.79 Å². The van der Waals surface area contributed by atoms with Crippen LogP contribution in [0.2, 0.25) is 0 Å². The molecule has 26 heavy (non-hydrogen) atoms. The third kappa shape index (κ3) is 4.22. The van der Waals surface area contributed by atoms with Crippen molar-refractivity contribution < 1.29 is 9.53 Å². The van der Waals surface area contributed by atoms with Gasteiger partial charge in [0.2, 0.25) is 5.91 Å². The van der Waals surface area contributed by atoms with Crippen LogP contribution < -0.4 is 10.1 Å². The van der Waals surface area contributed by atoms with Crippen molar-refractivity contribution in [2.24, 2.45) is 17.8 Å². The van der Waals surface area contributed by atoms with Crippen LogP contribution in [-0.4, -0.2) is 43.6 Å². The van der Waals surface area contributed by atoms with Gasteiger partial charge in [0.05, 0.1) is 13.0 Å². The summed E-state index contributed by atoms with van der Waals surface area (Å²) in [6.07, 6.45) is 6.98. The SMILES string of the molecule is Cc1cc(OCCC2C[C@@H]2C2CCNCC2)ccc1CC(=O)N1CCC1. The molecule has 1 aromatic carbocycles. The molecule has 142 valence electrons. The average Bonchev–Trinajstić information content (AvgIpc) is 3.36. The fourth-order valence-corrected chi connectivity index (χ4v) is 4.58. The van der Waals surface area contributed by atoms with Crippen molar-refractivity contribution >= 4 is 5.91 Å². The molecule has 0 bridgehead atoms. The van der Waals surface area contributed by atoms with Gasteiger partial charge < -0.3 is 15.0 Å². The summed E-state index contributed by atoms with van der Waals surface area (Å²) in [5, 5.41) is 3.46. The molecule has 1 aromatic rings. The van der Waals surface area contributed by atoms with Gasteiger partial charge in [-0.15, -0.1) is 0 Å². The molecule has 1 saturated carbocycles. The molecule has 4 rings (SSSR count). The molecular formula is C22H32N2O2. The van der Waals surface area contributed by atoms with Crippen LogP contribution in [0.3, 0.4) is 0 Å². The van der Waals surface area contributed by atoms with E-state index in [4.69, 9.17) is 4.74 Å². The van der Waals surface area contributed by atoms with Crippen molar-refractivity contribution in [2.75, 3.05) is 32.8 Å². The minimum atomic E-state index is 0.255. The monoisotopic (exact) mass is 356 g/mol. The Morgan fingerprint density at radius 3 is 2.77 bits per heavy atom. The van der Waals surface area contributed by atoms with Gasteiger partial charge in [-0.25, -0.2) is 0 Å². The molecule has 2 atom stereocenters. The first kappa shape index (κ1) is 17.8. The zero-order valence-electron chi connectivity index (χ0n) is 16.0. The Kier molecular flexibility index (Phi) is 5.49. The summed E-state index contributed by atoms with van der Waals surface area (Å²) < 4.78 is 6.01. The van der Waals surface area contributed by atoms with Crippen LogP contribution in [-0.2, 0) is 11.2 Å². The van der Waals surface area contributed by atoms with Crippen molar-refractivity contribution in [3.05, 3.63) is 29.3 Å². The van der Waals surface area contributed by atoms with Crippen molar-refractivity contribution in [3.63, 3.8) is 0 Å². The molecule has 0 aromatic heterocycles. The summed E-state index contributed by atoms with van der Waals surface area (Å²) in [6.45, 7) is 7.17. The minimum Gasteiger partial charge on any atom is -0.494 e. The molecule has 3 aliphatic rings. The van der Waals surface area contributed by atoms with E-state index in [1.54, 1.807) is 0 Å². The number of carbonyl (C=O) groups is 1. The first-order valence-electron chi connectivity index (χ1n) is 10.4. The van der Waals surface area contributed by atoms with Crippen LogP contribution in [0, 0.1) is 24.7 Å². The molecule has 0 spiro atoms. The number of likely N-dealkylation sites (tertiary alicyclic amines) is 1. The van der Waals surface area contributed by atoms with E-state index in [0.29, 0.717) is 6.42 Å². The van der Waals surface area contributed by atoms with Crippen molar-refractivity contribution in [1.82, 2.24) is 10.2 Å². The normalized spacial score (nSPS) is 25.7. The van der Waals surface area contributed by atoms with Gasteiger partial charge >= 0.3 is 0 Å². The summed E-state index contributed by atoms with van der Waals surface area (Å²) in [7, 11) is 0. The number of piperidine rings is 1. The van der Waals surface area contributed by atoms with Crippen molar-refractivity contribution in [1.29, 1.82) is 0 Å². The molecule has 1 N–H and O–H groups in total. The van der Waals surface area contributed by atoms with Crippen molar-refractivity contribution in [3.8, 4) is 5.75 Å². The van der Waals surface area contributed by atoms with E-state index in [9.17, 15) is 4.79 Å². The Hall–Kier alpha value is -1.55. The highest BCUT2D eigenvalue weighted by molar-refractivity contribution is 5.79. The summed E-state index contributed by atoms with van der Waals surface area (Å²) in [5.41, 5.74) is 2.29. The third-order valence-electron chi connectivity index (χ3n) is 6.59. The Morgan fingerprint density at radius 1 is 1.27 bits per heavy atom. The largest absolute Gasteiger partial charge is 0.494 e. The number of aryl methyl sites for hydroxylation is 1. The lowest BCUT2D eigenvalue weighted by Gasteiger charge is -2.31. The van der Waals surface area contributed by atoms with Gasteiger partial charge in [0.1, 0.15) is 5.75 Å². The first-order chi connectivity index (χ1) is 12.7. The van der Waals surface area contributed by atoms with E-state index in [-0.39, 0.29) is 5.91 Å². The molecule has 2 saturated heterocycles. The lowest BCUT2D eigenvalue weighted by atomic mass is 9.91. The number of hydrogen-bond donors (Lipinski definition) is 1. The van der Waals surface area contributed by atoms with E-state index in [0.717, 1.165) is 60.7 Å². The fourth-order valence-electron chi connectivity index (χ4n) is 4.58. The van der Waals surface area contributed by atoms with Crippen LogP contribution in [0.25, 0.3) is 0 Å². The van der Waals surface area contributed by atoms with Gasteiger partial charge in [-0.2, -0.15) is 0 Å². The van der Waals surface area contributed by atoms with Crippen LogP contribution in [0.15, 0.2) is 18.2 Å². The van der Waals surface area contributed by atoms with Gasteiger partial charge in [0, 0.05) is 13.1 Å². The Labute approximate surface area is 157 Å². The molecular weight excluding hydrogens is 324 g/mol. The molecule has 1 amide bonds. The van der Waals surface area contributed by atoms with Crippen LogP contribution in [0.1, 0.15) is 43.2 Å². The maximum absolute atomic E-state index is 12.1. The molecule has 1 unspecified atom stereocenters. The lowest BCUT2D eigenvalue weighted by Crippen LogP contribution is -2.42. The lowest BCUT2D eigenvalue weighted by molar-refractivity contribution is -0.133. The maximum Gasteiger partial charge on any atom is 0.227 e. The summed E-state index contributed by atoms with van der Waals surface area (Å²) in [6, 6.07) is 6.19. The highest BCUT2D eigenvalue weighted by Crippen LogP contribution is 2.49. The van der Waals surface area contributed by atoms with Crippen molar-refractivity contribution in [2.45, 2.75) is 45.4 Å². The summed E-state index contributed by atoms with van der Waals surface area (Å²) in [5.74, 6) is 3.99. The van der Waals surface area contributed by atoms with Crippen LogP contribution in [0.4, 0.5) is 0 Å². The molecule has 3 fully saturated rings. The third-order valence-corrected chi connectivity index (χ3v) is 6.59. The molecule has 2 aliphatic heterocycles. The first-order valence-corrected chi connectivity index (χ1v) is 10.4. The van der Waals surface area contributed by atoms with E-state index in [1.165, 1.54) is 38.8 Å². The number of ether oxygens (including phenoxy) is 1. The predicted octanol–water partition coefficient (Wildman–Crippen LogP) is 3.17. The van der Waals surface area contributed by atoms with Crippen LogP contribution >= 0.6 is 0 Å². The molecule has 0 radical (unpaired) electrons. The van der Waals surface area contributed by atoms with Gasteiger partial charge in [-0.1, -0.05) is 6.07 Å². The Bertz CT molecular complexity index is 635. The molecule has 1 aliphatic carbocycles. The number of hydrogen-bond acceptors (Lipinski definition) is 3. The Morgan fingerprint density at radius 2 is 2.08 bits per heavy atom. The van der Waals surface area contributed by atoms with Gasteiger partial charge in [-0.05, 0) is 93.1 Å². The maximum atomic E-state index is 12.1. The van der Waals surface area contributed by atoms with Gasteiger partial charge in [0.25, 0.3) is 0 Å². The number of rotatable bonds is 7. The van der Waals surface area contributed by atoms with Gasteiger partial charge in [0.15, 0.2) is 0 Å². The number of nitrogens with zero attached hydrogens (tertiary/aromatic N) is 1. The number of carbonyl (C=O) groups excluding carboxylic acids is 1. The van der Waals surface area contributed by atoms with E-state index >= 15 is 0 Å². The number of amides is 1. The fraction of sp³-hybridized carbons (Fsp3) is 0.682. The second-order valence-electron chi connectivity index (χ2n) is 8.38. The average molecular weight is 357 g/mol. The Balaban J connectivity index is 1.20. The second kappa shape index (κ2) is 7.99. The minimum absolute atomic E-state index is 0.255. The predicted molar refractivity (Wildman–Crippen MR) is 103 cm³/mol. The summed E-state index contributed by atoms with van der Waals surface area (Å²) in [4.78, 5) is 14.1. The highest BCUT2D eigenvalue weighted by atomic mass is 16.5. The molecule has 4 heteroatoms. The quantitative estimate of drug-likeness (QED) is 0.816. The van der Waals surface area contributed by atoms with E-state index in [1.807, 2.05) is 11.0 Å². The standard InChI is InChI=1S/C22H32N2O2/c1-16-13-20(4-3-18(16)15-22(25)24-10-2-11-24)26-12-7-19-14-21(19)17-5-8-23-9-6-17/h3-4,13,17,19,21,23H,2,5-12,14-15H2,1H3/t19?,21-/m1/s1. The molecule has 4 nitrogen and oxygen atoms in total. The summed E-state index contributed by atoms with van der Waals surface area (Å²) >= 11 is 0. The topological polar surface area (TPSA) is 41.6 Å². The zero-order valence-corrected chi connectivity index (χ0v) is 16.0. The number of benzene rings is 1.